The van der Waals surface area contributed by atoms with E-state index in [0.717, 1.165) is 12.1 Å². The summed E-state index contributed by atoms with van der Waals surface area (Å²) >= 11 is 0. The Kier molecular flexibility index (Phi) is 2.98. The van der Waals surface area contributed by atoms with Crippen molar-refractivity contribution in [2.24, 2.45) is 0 Å². The molecule has 2 rings (SSSR count). The molecule has 2 aromatic rings. The summed E-state index contributed by atoms with van der Waals surface area (Å²) < 4.78 is 38.0. The van der Waals surface area contributed by atoms with Crippen LogP contribution in [-0.4, -0.2) is 9.97 Å². The summed E-state index contributed by atoms with van der Waals surface area (Å²) in [6.45, 7) is 0. The van der Waals surface area contributed by atoms with E-state index < -0.39 is 11.7 Å². The monoisotopic (exact) mass is 249 g/mol. The minimum absolute atomic E-state index is 0.0521. The van der Waals surface area contributed by atoms with Crippen LogP contribution in [0.4, 0.5) is 13.2 Å². The van der Waals surface area contributed by atoms with Crippen molar-refractivity contribution < 1.29 is 13.2 Å². The normalized spacial score (nSPS) is 11.0. The van der Waals surface area contributed by atoms with E-state index in [4.69, 9.17) is 5.26 Å². The molecular weight excluding hydrogens is 243 g/mol. The second kappa shape index (κ2) is 4.45. The van der Waals surface area contributed by atoms with Crippen molar-refractivity contribution in [1.29, 1.82) is 5.26 Å². The molecule has 6 heteroatoms. The Morgan fingerprint density at radius 1 is 1.00 bits per heavy atom. The van der Waals surface area contributed by atoms with Crippen molar-refractivity contribution in [3.8, 4) is 17.2 Å². The van der Waals surface area contributed by atoms with Crippen LogP contribution in [0, 0.1) is 11.3 Å². The van der Waals surface area contributed by atoms with Gasteiger partial charge in [-0.05, 0) is 23.8 Å². The molecule has 0 bridgehead atoms. The molecule has 0 aliphatic heterocycles. The molecule has 18 heavy (non-hydrogen) atoms. The topological polar surface area (TPSA) is 49.6 Å². The zero-order valence-electron chi connectivity index (χ0n) is 8.94. The first kappa shape index (κ1) is 12.0. The summed E-state index contributed by atoms with van der Waals surface area (Å²) in [5.74, 6) is 0. The predicted octanol–water partition coefficient (Wildman–Crippen LogP) is 3.03. The number of rotatable bonds is 1. The Bertz CT molecular complexity index is 600. The Morgan fingerprint density at radius 3 is 2.22 bits per heavy atom. The number of nitriles is 1. The molecule has 0 saturated heterocycles. The number of hydrogen-bond acceptors (Lipinski definition) is 3. The van der Waals surface area contributed by atoms with E-state index in [1.807, 2.05) is 0 Å². The molecule has 3 nitrogen and oxygen atoms in total. The third-order valence-corrected chi connectivity index (χ3v) is 2.28. The average Bonchev–Trinajstić information content (AvgIpc) is 2.38. The highest BCUT2D eigenvalue weighted by atomic mass is 19.4. The molecule has 0 unspecified atom stereocenters. The third-order valence-electron chi connectivity index (χ3n) is 2.28. The number of hydrogen-bond donors (Lipinski definition) is 0. The van der Waals surface area contributed by atoms with Gasteiger partial charge in [0.15, 0.2) is 0 Å². The van der Waals surface area contributed by atoms with Crippen molar-refractivity contribution in [3.05, 3.63) is 48.0 Å². The smallest absolute Gasteiger partial charge is 0.244 e. The SMILES string of the molecule is N#Cc1cc(-c2cncnc2)cc(C(F)(F)F)c1. The summed E-state index contributed by atoms with van der Waals surface area (Å²) in [6.07, 6.45) is -0.424. The number of aromatic nitrogens is 2. The molecule has 1 aromatic carbocycles. The van der Waals surface area contributed by atoms with E-state index in [1.165, 1.54) is 24.8 Å². The van der Waals surface area contributed by atoms with Gasteiger partial charge in [0.05, 0.1) is 17.2 Å². The Balaban J connectivity index is 2.60. The minimum atomic E-state index is -4.49. The van der Waals surface area contributed by atoms with Gasteiger partial charge in [0.2, 0.25) is 0 Å². The van der Waals surface area contributed by atoms with Crippen LogP contribution in [-0.2, 0) is 6.18 Å². The van der Waals surface area contributed by atoms with Gasteiger partial charge < -0.3 is 0 Å². The fourth-order valence-corrected chi connectivity index (χ4v) is 1.47. The molecule has 0 N–H and O–H groups in total. The van der Waals surface area contributed by atoms with E-state index in [9.17, 15) is 13.2 Å². The zero-order chi connectivity index (χ0) is 13.2. The van der Waals surface area contributed by atoms with Crippen LogP contribution in [0.2, 0.25) is 0 Å². The molecule has 0 aliphatic rings. The molecular formula is C12H6F3N3. The van der Waals surface area contributed by atoms with Crippen LogP contribution >= 0.6 is 0 Å². The summed E-state index contributed by atoms with van der Waals surface area (Å²) in [6, 6.07) is 4.86. The lowest BCUT2D eigenvalue weighted by atomic mass is 10.0. The average molecular weight is 249 g/mol. The lowest BCUT2D eigenvalue weighted by molar-refractivity contribution is -0.137. The van der Waals surface area contributed by atoms with Gasteiger partial charge in [-0.1, -0.05) is 0 Å². The van der Waals surface area contributed by atoms with Gasteiger partial charge in [0, 0.05) is 18.0 Å². The van der Waals surface area contributed by atoms with Crippen LogP contribution in [0.15, 0.2) is 36.9 Å². The Morgan fingerprint density at radius 2 is 1.67 bits per heavy atom. The fourth-order valence-electron chi connectivity index (χ4n) is 1.47. The van der Waals surface area contributed by atoms with Crippen molar-refractivity contribution in [2.75, 3.05) is 0 Å². The van der Waals surface area contributed by atoms with Crippen molar-refractivity contribution >= 4 is 0 Å². The molecule has 0 amide bonds. The quantitative estimate of drug-likeness (QED) is 0.780. The van der Waals surface area contributed by atoms with Crippen LogP contribution in [0.1, 0.15) is 11.1 Å². The van der Waals surface area contributed by atoms with Crippen LogP contribution in [0.25, 0.3) is 11.1 Å². The molecule has 0 atom stereocenters. The fraction of sp³-hybridized carbons (Fsp3) is 0.0833. The summed E-state index contributed by atoms with van der Waals surface area (Å²) in [7, 11) is 0. The van der Waals surface area contributed by atoms with Gasteiger partial charge in [0.1, 0.15) is 6.33 Å². The van der Waals surface area contributed by atoms with Crippen LogP contribution in [0.3, 0.4) is 0 Å². The van der Waals surface area contributed by atoms with E-state index in [-0.39, 0.29) is 11.1 Å². The van der Waals surface area contributed by atoms with Gasteiger partial charge in [-0.15, -0.1) is 0 Å². The Hall–Kier alpha value is -2.42. The van der Waals surface area contributed by atoms with Crippen molar-refractivity contribution in [2.45, 2.75) is 6.18 Å². The molecule has 1 aromatic heterocycles. The zero-order valence-corrected chi connectivity index (χ0v) is 8.94. The van der Waals surface area contributed by atoms with Crippen LogP contribution < -0.4 is 0 Å². The van der Waals surface area contributed by atoms with Gasteiger partial charge in [-0.25, -0.2) is 9.97 Å². The van der Waals surface area contributed by atoms with E-state index in [0.29, 0.717) is 5.56 Å². The highest BCUT2D eigenvalue weighted by Gasteiger charge is 2.31. The maximum absolute atomic E-state index is 12.7. The van der Waals surface area contributed by atoms with Gasteiger partial charge in [0.25, 0.3) is 0 Å². The first-order valence-corrected chi connectivity index (χ1v) is 4.88. The standard InChI is InChI=1S/C12H6F3N3/c13-12(14,15)11-2-8(4-16)1-9(3-11)10-5-17-7-18-6-10/h1-3,5-7H. The molecule has 90 valence electrons. The number of nitrogens with zero attached hydrogens (tertiary/aromatic N) is 3. The highest BCUT2D eigenvalue weighted by molar-refractivity contribution is 5.64. The van der Waals surface area contributed by atoms with Crippen molar-refractivity contribution in [3.63, 3.8) is 0 Å². The highest BCUT2D eigenvalue weighted by Crippen LogP contribution is 2.32. The molecule has 0 aliphatic carbocycles. The molecule has 1 heterocycles. The number of halogens is 3. The first-order valence-electron chi connectivity index (χ1n) is 4.88. The maximum Gasteiger partial charge on any atom is 0.416 e. The largest absolute Gasteiger partial charge is 0.416 e. The number of benzene rings is 1. The van der Waals surface area contributed by atoms with E-state index >= 15 is 0 Å². The predicted molar refractivity (Wildman–Crippen MR) is 57.2 cm³/mol. The summed E-state index contributed by atoms with van der Waals surface area (Å²) in [4.78, 5) is 7.47. The third kappa shape index (κ3) is 2.46. The second-order valence-electron chi connectivity index (χ2n) is 3.54. The lowest BCUT2D eigenvalue weighted by Crippen LogP contribution is -2.05. The molecule has 0 radical (unpaired) electrons. The van der Waals surface area contributed by atoms with E-state index in [1.54, 1.807) is 6.07 Å². The summed E-state index contributed by atoms with van der Waals surface area (Å²) in [5.41, 5.74) is -0.217. The van der Waals surface area contributed by atoms with Gasteiger partial charge in [-0.2, -0.15) is 18.4 Å². The first-order chi connectivity index (χ1) is 8.50. The lowest BCUT2D eigenvalue weighted by Gasteiger charge is -2.09. The summed E-state index contributed by atoms with van der Waals surface area (Å²) in [5, 5.41) is 8.75. The maximum atomic E-state index is 12.7. The number of alkyl halides is 3. The van der Waals surface area contributed by atoms with Crippen LogP contribution in [0.5, 0.6) is 0 Å². The van der Waals surface area contributed by atoms with E-state index in [2.05, 4.69) is 9.97 Å². The van der Waals surface area contributed by atoms with Gasteiger partial charge >= 0.3 is 6.18 Å². The Labute approximate surface area is 101 Å². The van der Waals surface area contributed by atoms with Gasteiger partial charge in [-0.3, -0.25) is 0 Å². The molecule has 0 fully saturated rings. The molecule has 0 spiro atoms. The second-order valence-corrected chi connectivity index (χ2v) is 3.54. The minimum Gasteiger partial charge on any atom is -0.244 e. The van der Waals surface area contributed by atoms with Crippen molar-refractivity contribution in [1.82, 2.24) is 9.97 Å². The molecule has 0 saturated carbocycles.